The molecule has 3 aromatic rings. The number of benzene rings is 3. The van der Waals surface area contributed by atoms with Crippen LogP contribution in [0.15, 0.2) is 70.5 Å². The van der Waals surface area contributed by atoms with Crippen molar-refractivity contribution >= 4 is 48.9 Å². The number of methoxy groups -OCH3 is 1. The monoisotopic (exact) mass is 645 g/mol. The average Bonchev–Trinajstić information content (AvgIpc) is 3.48. The van der Waals surface area contributed by atoms with Crippen LogP contribution in [-0.4, -0.2) is 53.8 Å². The number of amides is 1. The number of anilines is 2. The third-order valence-electron chi connectivity index (χ3n) is 6.59. The second-order valence-electron chi connectivity index (χ2n) is 9.51. The van der Waals surface area contributed by atoms with E-state index in [1.54, 1.807) is 6.92 Å². The van der Waals surface area contributed by atoms with Gasteiger partial charge in [-0.25, -0.2) is 16.8 Å². The third-order valence-corrected chi connectivity index (χ3v) is 10.6. The molecule has 1 amide bonds. The van der Waals surface area contributed by atoms with Gasteiger partial charge in [0.2, 0.25) is 15.9 Å². The van der Waals surface area contributed by atoms with Gasteiger partial charge in [0, 0.05) is 13.1 Å². The van der Waals surface area contributed by atoms with Crippen LogP contribution in [0, 0.1) is 6.92 Å². The van der Waals surface area contributed by atoms with E-state index in [-0.39, 0.29) is 21.2 Å². The number of halogens is 4. The van der Waals surface area contributed by atoms with Crippen molar-refractivity contribution in [2.45, 2.75) is 35.7 Å². The van der Waals surface area contributed by atoms with Crippen LogP contribution in [0.25, 0.3) is 0 Å². The largest absolute Gasteiger partial charge is 0.495 e. The molecule has 9 nitrogen and oxygen atoms in total. The number of rotatable bonds is 9. The van der Waals surface area contributed by atoms with Gasteiger partial charge in [-0.1, -0.05) is 29.3 Å². The highest BCUT2D eigenvalue weighted by Crippen LogP contribution is 2.38. The summed E-state index contributed by atoms with van der Waals surface area (Å²) in [6.45, 7) is 1.47. The zero-order valence-electron chi connectivity index (χ0n) is 22.5. The maximum absolute atomic E-state index is 13.7. The van der Waals surface area contributed by atoms with Gasteiger partial charge >= 0.3 is 6.18 Å². The number of ether oxygens (including phenoxy) is 1. The van der Waals surface area contributed by atoms with Crippen molar-refractivity contribution in [1.82, 2.24) is 4.31 Å². The lowest BCUT2D eigenvalue weighted by Crippen LogP contribution is -2.38. The van der Waals surface area contributed by atoms with Crippen LogP contribution in [0.2, 0.25) is 5.02 Å². The molecule has 1 aliphatic rings. The van der Waals surface area contributed by atoms with Gasteiger partial charge < -0.3 is 10.1 Å². The van der Waals surface area contributed by atoms with Crippen LogP contribution < -0.4 is 14.4 Å². The molecule has 42 heavy (non-hydrogen) atoms. The molecule has 0 atom stereocenters. The van der Waals surface area contributed by atoms with Crippen molar-refractivity contribution in [2.75, 3.05) is 36.4 Å². The second kappa shape index (κ2) is 12.1. The Morgan fingerprint density at radius 1 is 0.976 bits per heavy atom. The van der Waals surface area contributed by atoms with E-state index in [0.29, 0.717) is 36.3 Å². The smallest absolute Gasteiger partial charge is 0.417 e. The summed E-state index contributed by atoms with van der Waals surface area (Å²) in [5.74, 6) is -0.884. The number of sulfonamides is 2. The standard InChI is InChI=1S/C27H27ClF3N3O6S2/c1-18-5-8-20(9-6-18)42(38,39)34(19-7-11-23(28)22(15-19)27(29,30)31)17-26(35)32-24-16-21(10-12-25(24)40-2)41(36,37)33-13-3-4-14-33/h5-12,15-16H,3-4,13-14,17H2,1-2H3,(H,32,35). The average molecular weight is 646 g/mol. The molecule has 0 saturated carbocycles. The number of carbonyl (C=O) groups is 1. The summed E-state index contributed by atoms with van der Waals surface area (Å²) in [5, 5.41) is 1.80. The van der Waals surface area contributed by atoms with E-state index in [0.717, 1.165) is 17.7 Å². The minimum Gasteiger partial charge on any atom is -0.495 e. The first-order chi connectivity index (χ1) is 19.6. The SMILES string of the molecule is COc1ccc(S(=O)(=O)N2CCCC2)cc1NC(=O)CN(c1ccc(Cl)c(C(F)(F)F)c1)S(=O)(=O)c1ccc(C)cc1. The van der Waals surface area contributed by atoms with Crippen LogP contribution in [0.1, 0.15) is 24.0 Å². The van der Waals surface area contributed by atoms with Crippen LogP contribution in [0.5, 0.6) is 5.75 Å². The molecule has 226 valence electrons. The van der Waals surface area contributed by atoms with Gasteiger partial charge in [-0.3, -0.25) is 9.10 Å². The van der Waals surface area contributed by atoms with E-state index >= 15 is 0 Å². The fraction of sp³-hybridized carbons (Fsp3) is 0.296. The zero-order chi connectivity index (χ0) is 30.9. The van der Waals surface area contributed by atoms with Gasteiger partial charge in [0.15, 0.2) is 0 Å². The maximum Gasteiger partial charge on any atom is 0.417 e. The van der Waals surface area contributed by atoms with E-state index in [2.05, 4.69) is 5.32 Å². The summed E-state index contributed by atoms with van der Waals surface area (Å²) in [6.07, 6.45) is -3.47. The fourth-order valence-corrected chi connectivity index (χ4v) is 7.56. The molecule has 1 fully saturated rings. The predicted molar refractivity (Wildman–Crippen MR) is 152 cm³/mol. The third kappa shape index (κ3) is 6.66. The molecule has 15 heteroatoms. The highest BCUT2D eigenvalue weighted by molar-refractivity contribution is 7.92. The summed E-state index contributed by atoms with van der Waals surface area (Å²) in [6, 6.07) is 11.9. The van der Waals surface area contributed by atoms with Crippen molar-refractivity contribution in [2.24, 2.45) is 0 Å². The van der Waals surface area contributed by atoms with Gasteiger partial charge in [-0.05, 0) is 68.3 Å². The van der Waals surface area contributed by atoms with Crippen LogP contribution in [-0.2, 0) is 31.0 Å². The van der Waals surface area contributed by atoms with Crippen LogP contribution in [0.4, 0.5) is 24.5 Å². The van der Waals surface area contributed by atoms with Crippen LogP contribution >= 0.6 is 11.6 Å². The number of nitrogens with zero attached hydrogens (tertiary/aromatic N) is 2. The molecule has 0 radical (unpaired) electrons. The maximum atomic E-state index is 13.7. The van der Waals surface area contributed by atoms with Crippen molar-refractivity contribution in [3.63, 3.8) is 0 Å². The Balaban J connectivity index is 1.73. The van der Waals surface area contributed by atoms with E-state index < -0.39 is 54.9 Å². The first kappa shape index (κ1) is 31.6. The molecule has 0 aliphatic carbocycles. The molecule has 0 unspecified atom stereocenters. The molecule has 0 spiro atoms. The lowest BCUT2D eigenvalue weighted by molar-refractivity contribution is -0.137. The van der Waals surface area contributed by atoms with Crippen molar-refractivity contribution in [3.05, 3.63) is 76.8 Å². The van der Waals surface area contributed by atoms with E-state index in [9.17, 15) is 34.8 Å². The second-order valence-corrected chi connectivity index (χ2v) is 13.7. The summed E-state index contributed by atoms with van der Waals surface area (Å²) >= 11 is 5.75. The number of carbonyl (C=O) groups excluding carboxylic acids is 1. The number of hydrogen-bond donors (Lipinski definition) is 1. The zero-order valence-corrected chi connectivity index (χ0v) is 24.9. The Hall–Kier alpha value is -3.33. The fourth-order valence-electron chi connectivity index (χ4n) is 4.38. The molecule has 3 aromatic carbocycles. The van der Waals surface area contributed by atoms with Gasteiger partial charge in [0.1, 0.15) is 12.3 Å². The molecule has 0 aromatic heterocycles. The summed E-state index contributed by atoms with van der Waals surface area (Å²) in [4.78, 5) is 12.9. The number of aryl methyl sites for hydroxylation is 1. The minimum atomic E-state index is -4.90. The molecule has 0 bridgehead atoms. The summed E-state index contributed by atoms with van der Waals surface area (Å²) < 4.78 is 101. The number of alkyl halides is 3. The van der Waals surface area contributed by atoms with Crippen molar-refractivity contribution < 1.29 is 39.5 Å². The highest BCUT2D eigenvalue weighted by Gasteiger charge is 2.36. The molecule has 1 heterocycles. The Kier molecular flexibility index (Phi) is 9.11. The van der Waals surface area contributed by atoms with Crippen LogP contribution in [0.3, 0.4) is 0 Å². The molecule has 1 aliphatic heterocycles. The normalized spacial score (nSPS) is 14.5. The number of hydrogen-bond acceptors (Lipinski definition) is 6. The predicted octanol–water partition coefficient (Wildman–Crippen LogP) is 5.29. The topological polar surface area (TPSA) is 113 Å². The Morgan fingerprint density at radius 3 is 2.19 bits per heavy atom. The minimum absolute atomic E-state index is 0.0671. The summed E-state index contributed by atoms with van der Waals surface area (Å²) in [7, 11) is -7.14. The van der Waals surface area contributed by atoms with Crippen molar-refractivity contribution in [1.29, 1.82) is 0 Å². The quantitative estimate of drug-likeness (QED) is 0.338. The number of nitrogens with one attached hydrogen (secondary N) is 1. The first-order valence-electron chi connectivity index (χ1n) is 12.6. The molecule has 4 rings (SSSR count). The van der Waals surface area contributed by atoms with Gasteiger partial charge in [0.25, 0.3) is 10.0 Å². The van der Waals surface area contributed by atoms with E-state index in [4.69, 9.17) is 16.3 Å². The Morgan fingerprint density at radius 2 is 1.60 bits per heavy atom. The summed E-state index contributed by atoms with van der Waals surface area (Å²) in [5.41, 5.74) is -1.07. The van der Waals surface area contributed by atoms with Gasteiger partial charge in [-0.2, -0.15) is 17.5 Å². The molecular weight excluding hydrogens is 619 g/mol. The molecule has 1 N–H and O–H groups in total. The van der Waals surface area contributed by atoms with E-state index in [1.165, 1.54) is 53.9 Å². The lowest BCUT2D eigenvalue weighted by atomic mass is 10.2. The highest BCUT2D eigenvalue weighted by atomic mass is 35.5. The lowest BCUT2D eigenvalue weighted by Gasteiger charge is -2.25. The Bertz CT molecular complexity index is 1690. The van der Waals surface area contributed by atoms with E-state index in [1.807, 2.05) is 0 Å². The Labute approximate surface area is 246 Å². The molecule has 1 saturated heterocycles. The first-order valence-corrected chi connectivity index (χ1v) is 15.8. The molecular formula is C27H27ClF3N3O6S2. The van der Waals surface area contributed by atoms with Gasteiger partial charge in [0.05, 0.1) is 38.9 Å². The van der Waals surface area contributed by atoms with Gasteiger partial charge in [-0.15, -0.1) is 0 Å². The van der Waals surface area contributed by atoms with Crippen molar-refractivity contribution in [3.8, 4) is 5.75 Å².